The van der Waals surface area contributed by atoms with Crippen LogP contribution in [0.15, 0.2) is 30.3 Å². The summed E-state index contributed by atoms with van der Waals surface area (Å²) in [5.41, 5.74) is 1.30. The third-order valence-electron chi connectivity index (χ3n) is 2.41. The van der Waals surface area contributed by atoms with E-state index in [0.717, 1.165) is 11.5 Å². The Hall–Kier alpha value is -1.00. The van der Waals surface area contributed by atoms with Gasteiger partial charge < -0.3 is 10.1 Å². The monoisotopic (exact) mass is 267 g/mol. The highest BCUT2D eigenvalue weighted by Crippen LogP contribution is 2.12. The van der Waals surface area contributed by atoms with Gasteiger partial charge in [-0.3, -0.25) is 4.79 Å². The first-order valence-electron chi connectivity index (χ1n) is 6.12. The van der Waals surface area contributed by atoms with E-state index >= 15 is 0 Å². The van der Waals surface area contributed by atoms with Gasteiger partial charge in [0.25, 0.3) is 0 Å². The summed E-state index contributed by atoms with van der Waals surface area (Å²) in [5.74, 6) is 1.91. The molecule has 0 aromatic heterocycles. The first-order chi connectivity index (χ1) is 8.72. The van der Waals surface area contributed by atoms with Gasteiger partial charge in [0, 0.05) is 31.1 Å². The molecule has 3 nitrogen and oxygen atoms in total. The maximum Gasteiger partial charge on any atom is 0.221 e. The molecule has 0 radical (unpaired) electrons. The normalized spacial score (nSPS) is 12.1. The number of hydrogen-bond donors (Lipinski definition) is 1. The third-order valence-corrected chi connectivity index (χ3v) is 3.44. The van der Waals surface area contributed by atoms with Crippen molar-refractivity contribution in [2.75, 3.05) is 19.5 Å². The quantitative estimate of drug-likeness (QED) is 0.735. The molecular formula is C14H21NO2S. The SMILES string of the molecule is COCC(C)NC(=O)CCSCc1ccccc1. The first kappa shape index (κ1) is 15.1. The maximum absolute atomic E-state index is 11.6. The molecule has 0 fully saturated rings. The summed E-state index contributed by atoms with van der Waals surface area (Å²) in [4.78, 5) is 11.6. The van der Waals surface area contributed by atoms with Crippen LogP contribution in [-0.2, 0) is 15.3 Å². The molecule has 0 spiro atoms. The fourth-order valence-corrected chi connectivity index (χ4v) is 2.47. The molecule has 0 aliphatic carbocycles. The summed E-state index contributed by atoms with van der Waals surface area (Å²) in [6.07, 6.45) is 0.561. The van der Waals surface area contributed by atoms with Gasteiger partial charge in [-0.2, -0.15) is 11.8 Å². The zero-order valence-corrected chi connectivity index (χ0v) is 11.8. The van der Waals surface area contributed by atoms with E-state index in [-0.39, 0.29) is 11.9 Å². The topological polar surface area (TPSA) is 38.3 Å². The molecule has 0 heterocycles. The number of methoxy groups -OCH3 is 1. The minimum Gasteiger partial charge on any atom is -0.383 e. The fourth-order valence-electron chi connectivity index (χ4n) is 1.57. The van der Waals surface area contributed by atoms with Gasteiger partial charge in [-0.05, 0) is 12.5 Å². The van der Waals surface area contributed by atoms with E-state index in [9.17, 15) is 4.79 Å². The van der Waals surface area contributed by atoms with Crippen LogP contribution in [0.4, 0.5) is 0 Å². The van der Waals surface area contributed by atoms with Gasteiger partial charge in [-0.15, -0.1) is 0 Å². The van der Waals surface area contributed by atoms with Gasteiger partial charge in [-0.1, -0.05) is 30.3 Å². The van der Waals surface area contributed by atoms with Crippen LogP contribution < -0.4 is 5.32 Å². The van der Waals surface area contributed by atoms with E-state index in [4.69, 9.17) is 4.74 Å². The van der Waals surface area contributed by atoms with Gasteiger partial charge in [-0.25, -0.2) is 0 Å². The molecule has 0 bridgehead atoms. The molecule has 1 aromatic carbocycles. The predicted molar refractivity (Wildman–Crippen MR) is 76.7 cm³/mol. The fraction of sp³-hybridized carbons (Fsp3) is 0.500. The number of carbonyl (C=O) groups excluding carboxylic acids is 1. The van der Waals surface area contributed by atoms with Gasteiger partial charge in [0.2, 0.25) is 5.91 Å². The van der Waals surface area contributed by atoms with Crippen molar-refractivity contribution in [3.63, 3.8) is 0 Å². The molecule has 0 saturated heterocycles. The molecule has 0 aliphatic rings. The van der Waals surface area contributed by atoms with Crippen molar-refractivity contribution in [1.29, 1.82) is 0 Å². The minimum atomic E-state index is 0.0848. The molecule has 1 atom stereocenters. The standard InChI is InChI=1S/C14H21NO2S/c1-12(10-17-2)15-14(16)8-9-18-11-13-6-4-3-5-7-13/h3-7,12H,8-11H2,1-2H3,(H,15,16). The second kappa shape index (κ2) is 9.00. The predicted octanol–water partition coefficient (Wildman–Crippen LogP) is 2.46. The highest BCUT2D eigenvalue weighted by atomic mass is 32.2. The Labute approximate surface area is 113 Å². The van der Waals surface area contributed by atoms with E-state index in [0.29, 0.717) is 13.0 Å². The van der Waals surface area contributed by atoms with Crippen LogP contribution in [0.3, 0.4) is 0 Å². The van der Waals surface area contributed by atoms with Crippen LogP contribution in [0.5, 0.6) is 0 Å². The lowest BCUT2D eigenvalue weighted by Crippen LogP contribution is -2.35. The molecule has 1 rings (SSSR count). The van der Waals surface area contributed by atoms with E-state index in [1.54, 1.807) is 18.9 Å². The van der Waals surface area contributed by atoms with Crippen molar-refractivity contribution in [3.8, 4) is 0 Å². The van der Waals surface area contributed by atoms with Crippen molar-refractivity contribution in [2.24, 2.45) is 0 Å². The van der Waals surface area contributed by atoms with Crippen molar-refractivity contribution in [2.45, 2.75) is 25.1 Å². The van der Waals surface area contributed by atoms with Gasteiger partial charge in [0.1, 0.15) is 0 Å². The Balaban J connectivity index is 2.09. The Morgan fingerprint density at radius 3 is 2.78 bits per heavy atom. The largest absolute Gasteiger partial charge is 0.383 e. The highest BCUT2D eigenvalue weighted by molar-refractivity contribution is 7.98. The molecule has 4 heteroatoms. The number of benzene rings is 1. The molecule has 0 aliphatic heterocycles. The van der Waals surface area contributed by atoms with Crippen LogP contribution >= 0.6 is 11.8 Å². The Bertz CT molecular complexity index is 343. The summed E-state index contributed by atoms with van der Waals surface area (Å²) in [5, 5.41) is 2.90. The van der Waals surface area contributed by atoms with Crippen LogP contribution in [0.25, 0.3) is 0 Å². The minimum absolute atomic E-state index is 0.0848. The average molecular weight is 267 g/mol. The number of carbonyl (C=O) groups is 1. The van der Waals surface area contributed by atoms with E-state index in [1.165, 1.54) is 5.56 Å². The van der Waals surface area contributed by atoms with Gasteiger partial charge in [0.05, 0.1) is 6.61 Å². The molecule has 1 aromatic rings. The second-order valence-electron chi connectivity index (χ2n) is 4.21. The highest BCUT2D eigenvalue weighted by Gasteiger charge is 2.06. The van der Waals surface area contributed by atoms with Crippen molar-refractivity contribution >= 4 is 17.7 Å². The zero-order valence-electron chi connectivity index (χ0n) is 11.0. The average Bonchev–Trinajstić information content (AvgIpc) is 2.36. The summed E-state index contributed by atoms with van der Waals surface area (Å²) in [6.45, 7) is 2.50. The Morgan fingerprint density at radius 2 is 2.11 bits per heavy atom. The van der Waals surface area contributed by atoms with Crippen LogP contribution in [-0.4, -0.2) is 31.4 Å². The summed E-state index contributed by atoms with van der Waals surface area (Å²) in [6, 6.07) is 10.4. The number of nitrogens with one attached hydrogen (secondary N) is 1. The summed E-state index contributed by atoms with van der Waals surface area (Å²) >= 11 is 1.78. The maximum atomic E-state index is 11.6. The van der Waals surface area contributed by atoms with E-state index in [2.05, 4.69) is 17.4 Å². The molecule has 18 heavy (non-hydrogen) atoms. The molecule has 1 amide bonds. The molecular weight excluding hydrogens is 246 g/mol. The third kappa shape index (κ3) is 6.67. The molecule has 1 unspecified atom stereocenters. The zero-order chi connectivity index (χ0) is 13.2. The van der Waals surface area contributed by atoms with Gasteiger partial charge in [0.15, 0.2) is 0 Å². The first-order valence-corrected chi connectivity index (χ1v) is 7.28. The smallest absolute Gasteiger partial charge is 0.221 e. The second-order valence-corrected chi connectivity index (χ2v) is 5.32. The van der Waals surface area contributed by atoms with E-state index < -0.39 is 0 Å². The lowest BCUT2D eigenvalue weighted by atomic mass is 10.2. The lowest BCUT2D eigenvalue weighted by molar-refractivity contribution is -0.121. The molecule has 100 valence electrons. The lowest BCUT2D eigenvalue weighted by Gasteiger charge is -2.12. The molecule has 0 saturated carbocycles. The number of rotatable bonds is 8. The van der Waals surface area contributed by atoms with Crippen molar-refractivity contribution in [3.05, 3.63) is 35.9 Å². The van der Waals surface area contributed by atoms with Crippen LogP contribution in [0.2, 0.25) is 0 Å². The van der Waals surface area contributed by atoms with Crippen molar-refractivity contribution < 1.29 is 9.53 Å². The Morgan fingerprint density at radius 1 is 1.39 bits per heavy atom. The number of thioether (sulfide) groups is 1. The summed E-state index contributed by atoms with van der Waals surface area (Å²) in [7, 11) is 1.64. The van der Waals surface area contributed by atoms with Crippen LogP contribution in [0, 0.1) is 0 Å². The van der Waals surface area contributed by atoms with Gasteiger partial charge >= 0.3 is 0 Å². The number of hydrogen-bond acceptors (Lipinski definition) is 3. The number of ether oxygens (including phenoxy) is 1. The van der Waals surface area contributed by atoms with Crippen molar-refractivity contribution in [1.82, 2.24) is 5.32 Å². The molecule has 1 N–H and O–H groups in total. The number of amides is 1. The summed E-state index contributed by atoms with van der Waals surface area (Å²) < 4.78 is 4.97. The van der Waals surface area contributed by atoms with E-state index in [1.807, 2.05) is 25.1 Å². The Kier molecular flexibility index (Phi) is 7.53. The van der Waals surface area contributed by atoms with Crippen LogP contribution in [0.1, 0.15) is 18.9 Å².